The Morgan fingerprint density at radius 3 is 2.03 bits per heavy atom. The molecule has 7 nitrogen and oxygen atoms in total. The molecule has 0 radical (unpaired) electrons. The minimum absolute atomic E-state index is 0.0751. The fourth-order valence-corrected chi connectivity index (χ4v) is 4.53. The SMILES string of the molecule is CC(Cc1ccccc1)NC(=O)C(CC(=O)O)NC(=O)OCC1c2ccccc2-c2ccccc21. The van der Waals surface area contributed by atoms with E-state index in [4.69, 9.17) is 4.74 Å². The number of benzene rings is 3. The van der Waals surface area contributed by atoms with Crippen LogP contribution in [0.25, 0.3) is 11.1 Å². The smallest absolute Gasteiger partial charge is 0.407 e. The average molecular weight is 473 g/mol. The quantitative estimate of drug-likeness (QED) is 0.435. The minimum Gasteiger partial charge on any atom is -0.481 e. The Kier molecular flexibility index (Phi) is 7.45. The average Bonchev–Trinajstić information content (AvgIpc) is 3.16. The summed E-state index contributed by atoms with van der Waals surface area (Å²) in [5.41, 5.74) is 5.38. The van der Waals surface area contributed by atoms with Crippen LogP contribution in [-0.2, 0) is 20.7 Å². The van der Waals surface area contributed by atoms with Gasteiger partial charge in [0.25, 0.3) is 0 Å². The van der Waals surface area contributed by atoms with Crippen LogP contribution < -0.4 is 10.6 Å². The second-order valence-corrected chi connectivity index (χ2v) is 8.72. The van der Waals surface area contributed by atoms with E-state index in [1.807, 2.05) is 85.8 Å². The van der Waals surface area contributed by atoms with Gasteiger partial charge >= 0.3 is 12.1 Å². The van der Waals surface area contributed by atoms with Gasteiger partial charge in [0.1, 0.15) is 12.6 Å². The van der Waals surface area contributed by atoms with Crippen molar-refractivity contribution in [1.29, 1.82) is 0 Å². The highest BCUT2D eigenvalue weighted by Gasteiger charge is 2.30. The van der Waals surface area contributed by atoms with Crippen LogP contribution in [0.5, 0.6) is 0 Å². The second kappa shape index (κ2) is 10.9. The molecule has 7 heteroatoms. The molecule has 0 saturated carbocycles. The van der Waals surface area contributed by atoms with Gasteiger partial charge in [-0.2, -0.15) is 0 Å². The Morgan fingerprint density at radius 1 is 0.857 bits per heavy atom. The van der Waals surface area contributed by atoms with Gasteiger partial charge in [-0.3, -0.25) is 9.59 Å². The van der Waals surface area contributed by atoms with E-state index in [-0.39, 0.29) is 18.6 Å². The van der Waals surface area contributed by atoms with Crippen molar-refractivity contribution < 1.29 is 24.2 Å². The lowest BCUT2D eigenvalue weighted by Crippen LogP contribution is -2.50. The third-order valence-electron chi connectivity index (χ3n) is 6.10. The van der Waals surface area contributed by atoms with E-state index in [0.717, 1.165) is 27.8 Å². The molecule has 0 aromatic heterocycles. The van der Waals surface area contributed by atoms with E-state index in [1.165, 1.54) is 0 Å². The van der Waals surface area contributed by atoms with Gasteiger partial charge in [-0.1, -0.05) is 78.9 Å². The minimum atomic E-state index is -1.25. The fraction of sp³-hybridized carbons (Fsp3) is 0.250. The zero-order valence-electron chi connectivity index (χ0n) is 19.4. The van der Waals surface area contributed by atoms with E-state index in [9.17, 15) is 19.5 Å². The maximum atomic E-state index is 12.8. The third-order valence-corrected chi connectivity index (χ3v) is 6.10. The van der Waals surface area contributed by atoms with E-state index in [1.54, 1.807) is 0 Å². The van der Waals surface area contributed by atoms with Crippen molar-refractivity contribution in [3.8, 4) is 11.1 Å². The number of hydrogen-bond donors (Lipinski definition) is 3. The van der Waals surface area contributed by atoms with Crippen LogP contribution in [0.1, 0.15) is 36.0 Å². The molecular formula is C28H28N2O5. The molecule has 1 aliphatic rings. The standard InChI is InChI=1S/C28H28N2O5/c1-18(15-19-9-3-2-4-10-19)29-27(33)25(16-26(31)32)30-28(34)35-17-24-22-13-7-5-11-20(22)21-12-6-8-14-23(21)24/h2-14,18,24-25H,15-17H2,1H3,(H,29,33)(H,30,34)(H,31,32). The van der Waals surface area contributed by atoms with Gasteiger partial charge in [-0.05, 0) is 41.2 Å². The molecule has 2 atom stereocenters. The number of alkyl carbamates (subject to hydrolysis) is 1. The summed E-state index contributed by atoms with van der Waals surface area (Å²) in [6.45, 7) is 1.90. The number of ether oxygens (including phenoxy) is 1. The molecule has 3 N–H and O–H groups in total. The number of carboxylic acids is 1. The van der Waals surface area contributed by atoms with Crippen molar-refractivity contribution in [2.24, 2.45) is 0 Å². The van der Waals surface area contributed by atoms with E-state index in [0.29, 0.717) is 6.42 Å². The molecule has 180 valence electrons. The van der Waals surface area contributed by atoms with Crippen LogP contribution in [-0.4, -0.2) is 41.8 Å². The van der Waals surface area contributed by atoms with E-state index in [2.05, 4.69) is 10.6 Å². The molecule has 3 aromatic carbocycles. The molecule has 3 aromatic rings. The van der Waals surface area contributed by atoms with Gasteiger partial charge in [0, 0.05) is 12.0 Å². The Labute approximate surface area is 204 Å². The summed E-state index contributed by atoms with van der Waals surface area (Å²) in [5, 5.41) is 14.5. The highest BCUT2D eigenvalue weighted by atomic mass is 16.5. The lowest BCUT2D eigenvalue weighted by molar-refractivity contribution is -0.140. The molecule has 0 heterocycles. The Balaban J connectivity index is 1.37. The third kappa shape index (κ3) is 5.87. The molecular weight excluding hydrogens is 444 g/mol. The summed E-state index contributed by atoms with van der Waals surface area (Å²) in [6.07, 6.45) is -0.797. The van der Waals surface area contributed by atoms with Gasteiger partial charge in [0.15, 0.2) is 0 Å². The number of carbonyl (C=O) groups excluding carboxylic acids is 2. The monoisotopic (exact) mass is 472 g/mol. The largest absolute Gasteiger partial charge is 0.481 e. The molecule has 0 spiro atoms. The molecule has 0 fully saturated rings. The van der Waals surface area contributed by atoms with Crippen LogP contribution >= 0.6 is 0 Å². The van der Waals surface area contributed by atoms with E-state index < -0.39 is 30.4 Å². The lowest BCUT2D eigenvalue weighted by Gasteiger charge is -2.21. The van der Waals surface area contributed by atoms with Crippen LogP contribution in [0.4, 0.5) is 4.79 Å². The molecule has 0 bridgehead atoms. The summed E-state index contributed by atoms with van der Waals surface area (Å²) in [4.78, 5) is 36.7. The fourth-order valence-electron chi connectivity index (χ4n) is 4.53. The number of carboxylic acid groups (broad SMARTS) is 1. The number of hydrogen-bond acceptors (Lipinski definition) is 4. The van der Waals surface area contributed by atoms with Crippen LogP contribution in [0.3, 0.4) is 0 Å². The predicted molar refractivity (Wildman–Crippen MR) is 132 cm³/mol. The molecule has 35 heavy (non-hydrogen) atoms. The molecule has 0 saturated heterocycles. The maximum Gasteiger partial charge on any atom is 0.407 e. The van der Waals surface area contributed by atoms with Crippen molar-refractivity contribution in [3.05, 3.63) is 95.6 Å². The Bertz CT molecular complexity index is 1170. The first-order valence-electron chi connectivity index (χ1n) is 11.6. The summed E-state index contributed by atoms with van der Waals surface area (Å²) in [7, 11) is 0. The number of nitrogens with one attached hydrogen (secondary N) is 2. The Hall–Kier alpha value is -4.13. The number of amides is 2. The maximum absolute atomic E-state index is 12.8. The van der Waals surface area contributed by atoms with Crippen molar-refractivity contribution in [1.82, 2.24) is 10.6 Å². The number of rotatable bonds is 9. The van der Waals surface area contributed by atoms with Crippen LogP contribution in [0.2, 0.25) is 0 Å². The first-order valence-corrected chi connectivity index (χ1v) is 11.6. The molecule has 4 rings (SSSR count). The topological polar surface area (TPSA) is 105 Å². The van der Waals surface area contributed by atoms with Crippen molar-refractivity contribution in [2.45, 2.75) is 37.8 Å². The zero-order chi connectivity index (χ0) is 24.8. The zero-order valence-corrected chi connectivity index (χ0v) is 19.4. The van der Waals surface area contributed by atoms with Gasteiger partial charge in [0.2, 0.25) is 5.91 Å². The number of carbonyl (C=O) groups is 3. The second-order valence-electron chi connectivity index (χ2n) is 8.72. The van der Waals surface area contributed by atoms with Gasteiger partial charge in [0.05, 0.1) is 6.42 Å². The highest BCUT2D eigenvalue weighted by Crippen LogP contribution is 2.44. The first kappa shape index (κ1) is 24.0. The number of fused-ring (bicyclic) bond motifs is 3. The van der Waals surface area contributed by atoms with Crippen LogP contribution in [0, 0.1) is 0 Å². The number of aliphatic carboxylic acids is 1. The first-order chi connectivity index (χ1) is 16.9. The lowest BCUT2D eigenvalue weighted by atomic mass is 9.98. The predicted octanol–water partition coefficient (Wildman–Crippen LogP) is 4.12. The van der Waals surface area contributed by atoms with Crippen molar-refractivity contribution in [3.63, 3.8) is 0 Å². The highest BCUT2D eigenvalue weighted by molar-refractivity contribution is 5.89. The van der Waals surface area contributed by atoms with Gasteiger partial charge in [-0.15, -0.1) is 0 Å². The molecule has 1 aliphatic carbocycles. The molecule has 0 aliphatic heterocycles. The molecule has 2 unspecified atom stereocenters. The summed E-state index contributed by atoms with van der Waals surface area (Å²) < 4.78 is 5.48. The van der Waals surface area contributed by atoms with Crippen molar-refractivity contribution >= 4 is 18.0 Å². The Morgan fingerprint density at radius 2 is 1.43 bits per heavy atom. The van der Waals surface area contributed by atoms with Crippen LogP contribution in [0.15, 0.2) is 78.9 Å². The summed E-state index contributed by atoms with van der Waals surface area (Å²) in [5.74, 6) is -1.89. The van der Waals surface area contributed by atoms with Gasteiger partial charge < -0.3 is 20.5 Å². The molecule has 2 amide bonds. The van der Waals surface area contributed by atoms with Crippen molar-refractivity contribution in [2.75, 3.05) is 6.61 Å². The normalized spacial score (nSPS) is 13.7. The van der Waals surface area contributed by atoms with Gasteiger partial charge in [-0.25, -0.2) is 4.79 Å². The summed E-state index contributed by atoms with van der Waals surface area (Å²) in [6, 6.07) is 24.1. The van der Waals surface area contributed by atoms with E-state index >= 15 is 0 Å². The summed E-state index contributed by atoms with van der Waals surface area (Å²) >= 11 is 0.